The number of hydrogen-bond donors (Lipinski definition) is 0. The minimum absolute atomic E-state index is 0.318. The van der Waals surface area contributed by atoms with Gasteiger partial charge in [-0.15, -0.1) is 0 Å². The second-order valence-corrected chi connectivity index (χ2v) is 6.93. The van der Waals surface area contributed by atoms with Crippen molar-refractivity contribution in [2.45, 2.75) is 19.4 Å². The zero-order valence-electron chi connectivity index (χ0n) is 13.4. The molecule has 1 aliphatic rings. The lowest BCUT2D eigenvalue weighted by molar-refractivity contribution is 0.106. The molecule has 0 bridgehead atoms. The third kappa shape index (κ3) is 2.38. The highest BCUT2D eigenvalue weighted by Gasteiger charge is 2.32. The lowest BCUT2D eigenvalue weighted by Gasteiger charge is -2.35. The van der Waals surface area contributed by atoms with Crippen LogP contribution in [0.3, 0.4) is 0 Å². The Morgan fingerprint density at radius 2 is 1.67 bits per heavy atom. The van der Waals surface area contributed by atoms with Crippen LogP contribution in [0.4, 0.5) is 4.39 Å². The molecule has 0 spiro atoms. The number of fused-ring (bicyclic) bond motifs is 3. The van der Waals surface area contributed by atoms with Crippen molar-refractivity contribution < 1.29 is 9.13 Å². The third-order valence-electron chi connectivity index (χ3n) is 4.45. The summed E-state index contributed by atoms with van der Waals surface area (Å²) >= 11 is 5.87. The van der Waals surface area contributed by atoms with Crippen molar-refractivity contribution in [3.05, 3.63) is 77.1 Å². The molecule has 3 aromatic rings. The van der Waals surface area contributed by atoms with Crippen molar-refractivity contribution in [2.24, 2.45) is 0 Å². The Kier molecular flexibility index (Phi) is 3.40. The number of para-hydroxylation sites is 1. The summed E-state index contributed by atoms with van der Waals surface area (Å²) in [6.45, 7) is 4.09. The number of benzene rings is 3. The molecule has 0 aromatic heterocycles. The number of rotatable bonds is 1. The van der Waals surface area contributed by atoms with E-state index in [4.69, 9.17) is 16.3 Å². The van der Waals surface area contributed by atoms with Crippen LogP contribution in [-0.4, -0.2) is 0 Å². The van der Waals surface area contributed by atoms with Gasteiger partial charge in [-0.2, -0.15) is 0 Å². The van der Waals surface area contributed by atoms with Gasteiger partial charge in [0.25, 0.3) is 0 Å². The Balaban J connectivity index is 1.94. The Labute approximate surface area is 145 Å². The second-order valence-electron chi connectivity index (χ2n) is 6.49. The minimum Gasteiger partial charge on any atom is -0.482 e. The molecule has 0 saturated carbocycles. The highest BCUT2D eigenvalue weighted by molar-refractivity contribution is 6.30. The molecule has 0 aliphatic carbocycles. The fraction of sp³-hybridized carbons (Fsp3) is 0.143. The molecule has 0 atom stereocenters. The van der Waals surface area contributed by atoms with Gasteiger partial charge in [0.2, 0.25) is 0 Å². The molecule has 0 radical (unpaired) electrons. The molecule has 0 unspecified atom stereocenters. The summed E-state index contributed by atoms with van der Waals surface area (Å²) in [7, 11) is 0. The maximum absolute atomic E-state index is 14.3. The van der Waals surface area contributed by atoms with Gasteiger partial charge in [0.15, 0.2) is 0 Å². The summed E-state index contributed by atoms with van der Waals surface area (Å²) in [4.78, 5) is 0. The SMILES string of the molecule is CC1(C)Oc2ccccc2-c2cc(-c3ccc(Cl)cc3F)ccc21. The molecule has 3 heteroatoms. The molecule has 1 aliphatic heterocycles. The molecular formula is C21H16ClFO. The lowest BCUT2D eigenvalue weighted by Crippen LogP contribution is -2.29. The van der Waals surface area contributed by atoms with E-state index >= 15 is 0 Å². The average Bonchev–Trinajstić information content (AvgIpc) is 2.54. The molecule has 3 aromatic carbocycles. The van der Waals surface area contributed by atoms with Crippen LogP contribution < -0.4 is 4.74 Å². The second kappa shape index (κ2) is 5.35. The summed E-state index contributed by atoms with van der Waals surface area (Å²) in [5.74, 6) is 0.533. The molecule has 0 fully saturated rings. The van der Waals surface area contributed by atoms with Crippen molar-refractivity contribution >= 4 is 11.6 Å². The van der Waals surface area contributed by atoms with Gasteiger partial charge in [-0.3, -0.25) is 0 Å². The molecule has 1 nitrogen and oxygen atoms in total. The van der Waals surface area contributed by atoms with Gasteiger partial charge in [-0.1, -0.05) is 41.9 Å². The molecule has 4 rings (SSSR count). The van der Waals surface area contributed by atoms with Gasteiger partial charge < -0.3 is 4.74 Å². The van der Waals surface area contributed by atoms with E-state index in [2.05, 4.69) is 0 Å². The maximum Gasteiger partial charge on any atom is 0.132 e. The third-order valence-corrected chi connectivity index (χ3v) is 4.69. The smallest absolute Gasteiger partial charge is 0.132 e. The van der Waals surface area contributed by atoms with E-state index in [-0.39, 0.29) is 5.82 Å². The Bertz CT molecular complexity index is 946. The molecule has 1 heterocycles. The average molecular weight is 339 g/mol. The summed E-state index contributed by atoms with van der Waals surface area (Å²) in [6.07, 6.45) is 0. The van der Waals surface area contributed by atoms with Crippen molar-refractivity contribution in [3.8, 4) is 28.0 Å². The van der Waals surface area contributed by atoms with Gasteiger partial charge in [0.05, 0.1) is 0 Å². The molecule has 0 saturated heterocycles. The zero-order chi connectivity index (χ0) is 16.9. The van der Waals surface area contributed by atoms with E-state index in [1.807, 2.05) is 56.3 Å². The first-order valence-corrected chi connectivity index (χ1v) is 8.22. The highest BCUT2D eigenvalue weighted by atomic mass is 35.5. The van der Waals surface area contributed by atoms with Gasteiger partial charge in [0.1, 0.15) is 17.2 Å². The van der Waals surface area contributed by atoms with Crippen LogP contribution in [-0.2, 0) is 5.60 Å². The molecular weight excluding hydrogens is 323 g/mol. The van der Waals surface area contributed by atoms with E-state index in [1.54, 1.807) is 12.1 Å². The normalized spacial score (nSPS) is 14.5. The Morgan fingerprint density at radius 1 is 0.875 bits per heavy atom. The number of ether oxygens (including phenoxy) is 1. The first-order chi connectivity index (χ1) is 11.5. The van der Waals surface area contributed by atoms with E-state index < -0.39 is 5.60 Å². The molecule has 0 N–H and O–H groups in total. The molecule has 120 valence electrons. The lowest BCUT2D eigenvalue weighted by atomic mass is 9.84. The van der Waals surface area contributed by atoms with Crippen LogP contribution in [0, 0.1) is 5.82 Å². The fourth-order valence-corrected chi connectivity index (χ4v) is 3.45. The topological polar surface area (TPSA) is 9.23 Å². The van der Waals surface area contributed by atoms with Crippen LogP contribution in [0.2, 0.25) is 5.02 Å². The summed E-state index contributed by atoms with van der Waals surface area (Å²) < 4.78 is 20.4. The Morgan fingerprint density at radius 3 is 2.46 bits per heavy atom. The predicted molar refractivity (Wildman–Crippen MR) is 95.9 cm³/mol. The quantitative estimate of drug-likeness (QED) is 0.496. The van der Waals surface area contributed by atoms with Crippen LogP contribution in [0.15, 0.2) is 60.7 Å². The van der Waals surface area contributed by atoms with Gasteiger partial charge in [0, 0.05) is 21.7 Å². The largest absolute Gasteiger partial charge is 0.482 e. The standard InChI is InChI=1S/C21H16ClFO/c1-21(2)18-10-7-13(15-9-8-14(22)12-19(15)23)11-17(18)16-5-3-4-6-20(16)24-21/h3-12H,1-2H3. The van der Waals surface area contributed by atoms with E-state index in [9.17, 15) is 4.39 Å². The van der Waals surface area contributed by atoms with E-state index in [1.165, 1.54) is 6.07 Å². The highest BCUT2D eigenvalue weighted by Crippen LogP contribution is 2.46. The summed E-state index contributed by atoms with van der Waals surface area (Å²) in [6, 6.07) is 18.7. The van der Waals surface area contributed by atoms with Crippen LogP contribution in [0.1, 0.15) is 19.4 Å². The van der Waals surface area contributed by atoms with Gasteiger partial charge in [-0.05, 0) is 55.3 Å². The Hall–Kier alpha value is -2.32. The zero-order valence-corrected chi connectivity index (χ0v) is 14.2. The van der Waals surface area contributed by atoms with E-state index in [0.29, 0.717) is 10.6 Å². The minimum atomic E-state index is -0.430. The first-order valence-electron chi connectivity index (χ1n) is 7.84. The summed E-state index contributed by atoms with van der Waals surface area (Å²) in [5, 5.41) is 0.397. The van der Waals surface area contributed by atoms with Crippen molar-refractivity contribution in [2.75, 3.05) is 0 Å². The van der Waals surface area contributed by atoms with Gasteiger partial charge >= 0.3 is 0 Å². The van der Waals surface area contributed by atoms with Gasteiger partial charge in [-0.25, -0.2) is 4.39 Å². The van der Waals surface area contributed by atoms with Crippen molar-refractivity contribution in [1.82, 2.24) is 0 Å². The van der Waals surface area contributed by atoms with Crippen molar-refractivity contribution in [1.29, 1.82) is 0 Å². The van der Waals surface area contributed by atoms with Crippen LogP contribution in [0.25, 0.3) is 22.3 Å². The maximum atomic E-state index is 14.3. The fourth-order valence-electron chi connectivity index (χ4n) is 3.29. The number of halogens is 2. The van der Waals surface area contributed by atoms with E-state index in [0.717, 1.165) is 28.0 Å². The summed E-state index contributed by atoms with van der Waals surface area (Å²) in [5.41, 5.74) is 4.15. The van der Waals surface area contributed by atoms with Crippen molar-refractivity contribution in [3.63, 3.8) is 0 Å². The van der Waals surface area contributed by atoms with Crippen LogP contribution in [0.5, 0.6) is 5.75 Å². The monoisotopic (exact) mass is 338 g/mol. The first kappa shape index (κ1) is 15.2. The predicted octanol–water partition coefficient (Wildman–Crippen LogP) is 6.44. The van der Waals surface area contributed by atoms with Crippen LogP contribution >= 0.6 is 11.6 Å². The number of hydrogen-bond acceptors (Lipinski definition) is 1. The molecule has 24 heavy (non-hydrogen) atoms. The molecule has 0 amide bonds.